The fraction of sp³-hybridized carbons (Fsp3) is 0.375. The first-order valence-corrected chi connectivity index (χ1v) is 7.13. The first-order valence-electron chi connectivity index (χ1n) is 7.13. The largest absolute Gasteiger partial charge is 0.392 e. The van der Waals surface area contributed by atoms with Crippen LogP contribution in [0.2, 0.25) is 0 Å². The van der Waals surface area contributed by atoms with Crippen LogP contribution in [0.4, 0.5) is 0 Å². The molecule has 0 saturated carbocycles. The quantitative estimate of drug-likeness (QED) is 0.845. The number of rotatable bonds is 6. The van der Waals surface area contributed by atoms with E-state index in [1.807, 2.05) is 38.2 Å². The number of hydrogen-bond acceptors (Lipinski definition) is 3. The van der Waals surface area contributed by atoms with Gasteiger partial charge >= 0.3 is 0 Å². The lowest BCUT2D eigenvalue weighted by Crippen LogP contribution is -2.26. The molecule has 0 aliphatic carbocycles. The van der Waals surface area contributed by atoms with Crippen LogP contribution in [0.5, 0.6) is 0 Å². The van der Waals surface area contributed by atoms with Gasteiger partial charge in [0, 0.05) is 19.8 Å². The number of aromatic nitrogens is 2. The highest BCUT2D eigenvalue weighted by Crippen LogP contribution is 2.08. The van der Waals surface area contributed by atoms with E-state index in [9.17, 15) is 4.79 Å². The molecule has 5 nitrogen and oxygen atoms in total. The first-order chi connectivity index (χ1) is 10.1. The Hall–Kier alpha value is -2.14. The van der Waals surface area contributed by atoms with Gasteiger partial charge in [-0.2, -0.15) is 5.10 Å². The highest BCUT2D eigenvalue weighted by Gasteiger charge is 2.13. The number of benzene rings is 1. The van der Waals surface area contributed by atoms with Gasteiger partial charge < -0.3 is 10.4 Å². The zero-order valence-corrected chi connectivity index (χ0v) is 12.5. The van der Waals surface area contributed by atoms with Crippen molar-refractivity contribution in [2.45, 2.75) is 26.4 Å². The highest BCUT2D eigenvalue weighted by atomic mass is 16.3. The average molecular weight is 287 g/mol. The molecule has 0 aliphatic rings. The fourth-order valence-electron chi connectivity index (χ4n) is 2.21. The molecule has 0 bridgehead atoms. The van der Waals surface area contributed by atoms with Crippen LogP contribution in [0.15, 0.2) is 30.5 Å². The molecular formula is C16H21N3O2. The Balaban J connectivity index is 1.88. The second-order valence-electron chi connectivity index (χ2n) is 5.00. The van der Waals surface area contributed by atoms with Crippen molar-refractivity contribution in [3.8, 4) is 0 Å². The summed E-state index contributed by atoms with van der Waals surface area (Å²) >= 11 is 0. The lowest BCUT2D eigenvalue weighted by Gasteiger charge is -2.05. The van der Waals surface area contributed by atoms with Crippen LogP contribution < -0.4 is 5.32 Å². The first kappa shape index (κ1) is 15.3. The molecule has 2 N–H and O–H groups in total. The molecule has 0 saturated heterocycles. The maximum absolute atomic E-state index is 12.1. The van der Waals surface area contributed by atoms with Crippen molar-refractivity contribution in [1.82, 2.24) is 15.1 Å². The SMILES string of the molecule is CCc1nn(C)cc1C(=O)NCCc1ccc(CO)cc1. The molecule has 1 heterocycles. The summed E-state index contributed by atoms with van der Waals surface area (Å²) in [7, 11) is 1.82. The van der Waals surface area contributed by atoms with Crippen LogP contribution in [0.3, 0.4) is 0 Å². The number of aryl methyl sites for hydroxylation is 2. The van der Waals surface area contributed by atoms with E-state index in [4.69, 9.17) is 5.11 Å². The van der Waals surface area contributed by atoms with Crippen LogP contribution in [-0.2, 0) is 26.5 Å². The Morgan fingerprint density at radius 2 is 1.95 bits per heavy atom. The summed E-state index contributed by atoms with van der Waals surface area (Å²) in [5, 5.41) is 16.2. The van der Waals surface area contributed by atoms with Crippen LogP contribution in [-0.4, -0.2) is 27.3 Å². The Morgan fingerprint density at radius 3 is 2.57 bits per heavy atom. The molecule has 2 aromatic rings. The number of hydrogen-bond donors (Lipinski definition) is 2. The summed E-state index contributed by atoms with van der Waals surface area (Å²) in [6.07, 6.45) is 3.26. The van der Waals surface area contributed by atoms with Crippen LogP contribution in [0.1, 0.15) is 34.1 Å². The number of nitrogens with one attached hydrogen (secondary N) is 1. The van der Waals surface area contributed by atoms with Gasteiger partial charge in [-0.3, -0.25) is 9.48 Å². The van der Waals surface area contributed by atoms with E-state index < -0.39 is 0 Å². The maximum Gasteiger partial charge on any atom is 0.254 e. The van der Waals surface area contributed by atoms with Crippen molar-refractivity contribution >= 4 is 5.91 Å². The van der Waals surface area contributed by atoms with Crippen molar-refractivity contribution in [2.75, 3.05) is 6.54 Å². The molecule has 0 spiro atoms. The van der Waals surface area contributed by atoms with Crippen molar-refractivity contribution < 1.29 is 9.90 Å². The van der Waals surface area contributed by atoms with Crippen LogP contribution in [0.25, 0.3) is 0 Å². The molecule has 0 aliphatic heterocycles. The minimum absolute atomic E-state index is 0.0534. The molecule has 0 unspecified atom stereocenters. The van der Waals surface area contributed by atoms with E-state index in [1.165, 1.54) is 0 Å². The lowest BCUT2D eigenvalue weighted by molar-refractivity contribution is 0.0953. The number of nitrogens with zero attached hydrogens (tertiary/aromatic N) is 2. The third-order valence-corrected chi connectivity index (χ3v) is 3.39. The molecule has 1 aromatic carbocycles. The van der Waals surface area contributed by atoms with Crippen LogP contribution in [0, 0.1) is 0 Å². The summed E-state index contributed by atoms with van der Waals surface area (Å²) < 4.78 is 1.67. The van der Waals surface area contributed by atoms with Gasteiger partial charge in [0.05, 0.1) is 17.9 Å². The zero-order valence-electron chi connectivity index (χ0n) is 12.5. The molecule has 0 fully saturated rings. The van der Waals surface area contributed by atoms with Crippen molar-refractivity contribution in [3.63, 3.8) is 0 Å². The summed E-state index contributed by atoms with van der Waals surface area (Å²) in [5.74, 6) is -0.0769. The molecular weight excluding hydrogens is 266 g/mol. The predicted molar refractivity (Wildman–Crippen MR) is 81.0 cm³/mol. The van der Waals surface area contributed by atoms with Crippen LogP contribution >= 0.6 is 0 Å². The Labute approximate surface area is 124 Å². The summed E-state index contributed by atoms with van der Waals surface area (Å²) in [6, 6.07) is 7.74. The van der Waals surface area contributed by atoms with Gasteiger partial charge in [-0.15, -0.1) is 0 Å². The fourth-order valence-corrected chi connectivity index (χ4v) is 2.21. The molecule has 1 aromatic heterocycles. The van der Waals surface area contributed by atoms with Crippen molar-refractivity contribution in [2.24, 2.45) is 7.05 Å². The van der Waals surface area contributed by atoms with E-state index >= 15 is 0 Å². The normalized spacial score (nSPS) is 10.6. The number of carbonyl (C=O) groups is 1. The molecule has 0 atom stereocenters. The van der Waals surface area contributed by atoms with Gasteiger partial charge in [-0.1, -0.05) is 31.2 Å². The van der Waals surface area contributed by atoms with E-state index in [0.29, 0.717) is 12.1 Å². The number of aliphatic hydroxyl groups is 1. The van der Waals surface area contributed by atoms with Gasteiger partial charge in [0.25, 0.3) is 5.91 Å². The van der Waals surface area contributed by atoms with Gasteiger partial charge in [0.15, 0.2) is 0 Å². The number of carbonyl (C=O) groups excluding carboxylic acids is 1. The maximum atomic E-state index is 12.1. The third-order valence-electron chi connectivity index (χ3n) is 3.39. The molecule has 2 rings (SSSR count). The smallest absolute Gasteiger partial charge is 0.254 e. The Kier molecular flexibility index (Phi) is 5.11. The van der Waals surface area contributed by atoms with Gasteiger partial charge in [-0.05, 0) is 24.0 Å². The summed E-state index contributed by atoms with van der Waals surface area (Å²) in [6.45, 7) is 2.62. The number of amides is 1. The summed E-state index contributed by atoms with van der Waals surface area (Å²) in [5.41, 5.74) is 3.50. The van der Waals surface area contributed by atoms with Gasteiger partial charge in [0.2, 0.25) is 0 Å². The number of aliphatic hydroxyl groups excluding tert-OH is 1. The summed E-state index contributed by atoms with van der Waals surface area (Å²) in [4.78, 5) is 12.1. The minimum atomic E-state index is -0.0769. The zero-order chi connectivity index (χ0) is 15.2. The molecule has 21 heavy (non-hydrogen) atoms. The average Bonchev–Trinajstić information content (AvgIpc) is 2.89. The van der Waals surface area contributed by atoms with E-state index in [2.05, 4.69) is 10.4 Å². The third kappa shape index (κ3) is 3.92. The minimum Gasteiger partial charge on any atom is -0.392 e. The molecule has 112 valence electrons. The Morgan fingerprint density at radius 1 is 1.29 bits per heavy atom. The molecule has 5 heteroatoms. The lowest BCUT2D eigenvalue weighted by atomic mass is 10.1. The van der Waals surface area contributed by atoms with E-state index in [0.717, 1.165) is 29.7 Å². The highest BCUT2D eigenvalue weighted by molar-refractivity contribution is 5.95. The standard InChI is InChI=1S/C16H21N3O2/c1-3-15-14(10-19(2)18-15)16(21)17-9-8-12-4-6-13(11-20)7-5-12/h4-7,10,20H,3,8-9,11H2,1-2H3,(H,17,21). The Bertz CT molecular complexity index is 602. The topological polar surface area (TPSA) is 67.2 Å². The van der Waals surface area contributed by atoms with Gasteiger partial charge in [-0.25, -0.2) is 0 Å². The van der Waals surface area contributed by atoms with E-state index in [1.54, 1.807) is 10.9 Å². The second kappa shape index (κ2) is 7.04. The second-order valence-corrected chi connectivity index (χ2v) is 5.00. The van der Waals surface area contributed by atoms with E-state index in [-0.39, 0.29) is 12.5 Å². The molecule has 1 amide bonds. The van der Waals surface area contributed by atoms with Crippen molar-refractivity contribution in [3.05, 3.63) is 52.8 Å². The predicted octanol–water partition coefficient (Wildman–Crippen LogP) is 1.45. The van der Waals surface area contributed by atoms with Gasteiger partial charge in [0.1, 0.15) is 0 Å². The van der Waals surface area contributed by atoms with Crippen molar-refractivity contribution in [1.29, 1.82) is 0 Å². The molecule has 0 radical (unpaired) electrons. The monoisotopic (exact) mass is 287 g/mol.